The van der Waals surface area contributed by atoms with Crippen molar-refractivity contribution in [1.29, 1.82) is 0 Å². The number of nitrogen functional groups attached to an aromatic ring is 1. The van der Waals surface area contributed by atoms with Gasteiger partial charge in [-0.3, -0.25) is 4.57 Å². The van der Waals surface area contributed by atoms with Crippen molar-refractivity contribution in [3.63, 3.8) is 0 Å². The lowest BCUT2D eigenvalue weighted by atomic mass is 10.3. The number of benzene rings is 1. The summed E-state index contributed by atoms with van der Waals surface area (Å²) < 4.78 is 6.68. The minimum absolute atomic E-state index is 0.388. The number of oxazole rings is 1. The lowest BCUT2D eigenvalue weighted by Gasteiger charge is -1.98. The van der Waals surface area contributed by atoms with Crippen LogP contribution in [0.15, 0.2) is 39.0 Å². The smallest absolute Gasteiger partial charge is 0.408 e. The zero-order valence-corrected chi connectivity index (χ0v) is 9.61. The Morgan fingerprint density at radius 1 is 1.47 bits per heavy atom. The third-order valence-corrected chi connectivity index (χ3v) is 3.23. The van der Waals surface area contributed by atoms with Crippen LogP contribution in [0, 0.1) is 0 Å². The van der Waals surface area contributed by atoms with Crippen LogP contribution in [0.25, 0.3) is 11.1 Å². The summed E-state index contributed by atoms with van der Waals surface area (Å²) in [5.74, 6) is -0.388. The fourth-order valence-corrected chi connectivity index (χ4v) is 2.30. The van der Waals surface area contributed by atoms with E-state index in [-0.39, 0.29) is 5.76 Å². The molecule has 0 radical (unpaired) electrons. The van der Waals surface area contributed by atoms with Crippen LogP contribution in [-0.2, 0) is 6.54 Å². The van der Waals surface area contributed by atoms with E-state index in [9.17, 15) is 4.79 Å². The van der Waals surface area contributed by atoms with Gasteiger partial charge < -0.3 is 10.2 Å². The fourth-order valence-electron chi connectivity index (χ4n) is 1.70. The highest BCUT2D eigenvalue weighted by atomic mass is 32.1. The summed E-state index contributed by atoms with van der Waals surface area (Å²) in [5.41, 5.74) is 7.46. The van der Waals surface area contributed by atoms with E-state index in [1.165, 1.54) is 11.3 Å². The van der Waals surface area contributed by atoms with Gasteiger partial charge in [0, 0.05) is 23.3 Å². The van der Waals surface area contributed by atoms with Crippen LogP contribution in [0.1, 0.15) is 5.01 Å². The van der Waals surface area contributed by atoms with Crippen LogP contribution in [0.5, 0.6) is 0 Å². The summed E-state index contributed by atoms with van der Waals surface area (Å²) in [6.45, 7) is 0.424. The van der Waals surface area contributed by atoms with Crippen molar-refractivity contribution in [2.24, 2.45) is 0 Å². The Bertz CT molecular complexity index is 712. The summed E-state index contributed by atoms with van der Waals surface area (Å²) >= 11 is 1.50. The maximum atomic E-state index is 11.7. The Labute approximate surface area is 100 Å². The van der Waals surface area contributed by atoms with Gasteiger partial charge in [0.2, 0.25) is 0 Å². The first kappa shape index (κ1) is 10.1. The molecule has 2 N–H and O–H groups in total. The molecule has 0 bridgehead atoms. The zero-order chi connectivity index (χ0) is 11.8. The van der Waals surface area contributed by atoms with E-state index in [0.29, 0.717) is 17.8 Å². The van der Waals surface area contributed by atoms with Crippen molar-refractivity contribution in [3.8, 4) is 0 Å². The molecule has 0 fully saturated rings. The molecule has 0 amide bonds. The normalized spacial score (nSPS) is 11.1. The summed E-state index contributed by atoms with van der Waals surface area (Å²) in [6, 6.07) is 5.17. The number of nitrogens with two attached hydrogens (primary N) is 1. The predicted molar refractivity (Wildman–Crippen MR) is 66.1 cm³/mol. The molecule has 2 aromatic heterocycles. The number of fused-ring (bicyclic) bond motifs is 1. The van der Waals surface area contributed by atoms with E-state index in [1.54, 1.807) is 29.0 Å². The number of thiazole rings is 1. The first-order chi connectivity index (χ1) is 8.24. The molecular formula is C11H9N3O2S. The van der Waals surface area contributed by atoms with E-state index in [2.05, 4.69) is 4.98 Å². The Balaban J connectivity index is 2.16. The number of hydrogen-bond acceptors (Lipinski definition) is 5. The average molecular weight is 247 g/mol. The highest BCUT2D eigenvalue weighted by Crippen LogP contribution is 2.17. The monoisotopic (exact) mass is 247 g/mol. The molecule has 0 atom stereocenters. The van der Waals surface area contributed by atoms with Crippen molar-refractivity contribution in [2.45, 2.75) is 6.54 Å². The largest absolute Gasteiger partial charge is 0.420 e. The van der Waals surface area contributed by atoms with Crippen molar-refractivity contribution in [2.75, 3.05) is 5.73 Å². The summed E-state index contributed by atoms with van der Waals surface area (Å²) in [6.07, 6.45) is 1.71. The van der Waals surface area contributed by atoms with Gasteiger partial charge in [-0.1, -0.05) is 0 Å². The quantitative estimate of drug-likeness (QED) is 0.699. The van der Waals surface area contributed by atoms with Gasteiger partial charge in [0.05, 0.1) is 12.1 Å². The van der Waals surface area contributed by atoms with Gasteiger partial charge >= 0.3 is 5.76 Å². The van der Waals surface area contributed by atoms with E-state index in [4.69, 9.17) is 10.2 Å². The maximum Gasteiger partial charge on any atom is 0.420 e. The number of nitrogens with zero attached hydrogens (tertiary/aromatic N) is 2. The van der Waals surface area contributed by atoms with Gasteiger partial charge in [0.15, 0.2) is 5.58 Å². The third kappa shape index (κ3) is 1.72. The van der Waals surface area contributed by atoms with E-state index >= 15 is 0 Å². The molecule has 17 heavy (non-hydrogen) atoms. The highest BCUT2D eigenvalue weighted by Gasteiger charge is 2.10. The molecule has 2 heterocycles. The topological polar surface area (TPSA) is 74.0 Å². The first-order valence-electron chi connectivity index (χ1n) is 5.01. The molecule has 1 aromatic carbocycles. The highest BCUT2D eigenvalue weighted by molar-refractivity contribution is 7.09. The summed E-state index contributed by atoms with van der Waals surface area (Å²) in [5, 5.41) is 2.74. The first-order valence-corrected chi connectivity index (χ1v) is 5.89. The Kier molecular flexibility index (Phi) is 2.22. The SMILES string of the molecule is Nc1ccc2c(c1)oc(=O)n2Cc1nccs1. The van der Waals surface area contributed by atoms with E-state index in [1.807, 2.05) is 5.38 Å². The Morgan fingerprint density at radius 2 is 2.35 bits per heavy atom. The van der Waals surface area contributed by atoms with Crippen molar-refractivity contribution < 1.29 is 4.42 Å². The number of rotatable bonds is 2. The van der Waals surface area contributed by atoms with Gasteiger partial charge in [-0.15, -0.1) is 11.3 Å². The van der Waals surface area contributed by atoms with Gasteiger partial charge in [-0.2, -0.15) is 0 Å². The van der Waals surface area contributed by atoms with Gasteiger partial charge in [0.1, 0.15) is 5.01 Å². The van der Waals surface area contributed by atoms with Gasteiger partial charge in [0.25, 0.3) is 0 Å². The van der Waals surface area contributed by atoms with Crippen LogP contribution in [0.3, 0.4) is 0 Å². The van der Waals surface area contributed by atoms with Crippen LogP contribution in [-0.4, -0.2) is 9.55 Å². The van der Waals surface area contributed by atoms with Crippen LogP contribution < -0.4 is 11.5 Å². The molecule has 86 valence electrons. The van der Waals surface area contributed by atoms with Crippen molar-refractivity contribution in [1.82, 2.24) is 9.55 Å². The Morgan fingerprint density at radius 3 is 3.12 bits per heavy atom. The van der Waals surface area contributed by atoms with Crippen LogP contribution in [0.2, 0.25) is 0 Å². The molecule has 0 saturated carbocycles. The van der Waals surface area contributed by atoms with E-state index < -0.39 is 0 Å². The molecule has 0 unspecified atom stereocenters. The average Bonchev–Trinajstić information content (AvgIpc) is 2.88. The van der Waals surface area contributed by atoms with Crippen molar-refractivity contribution in [3.05, 3.63) is 45.3 Å². The molecule has 6 heteroatoms. The summed E-state index contributed by atoms with van der Waals surface area (Å²) in [4.78, 5) is 15.9. The minimum Gasteiger partial charge on any atom is -0.408 e. The molecule has 3 rings (SSSR count). The summed E-state index contributed by atoms with van der Waals surface area (Å²) in [7, 11) is 0. The lowest BCUT2D eigenvalue weighted by Crippen LogP contribution is -2.14. The molecule has 0 spiro atoms. The number of anilines is 1. The predicted octanol–water partition coefficient (Wildman–Crippen LogP) is 1.68. The van der Waals surface area contributed by atoms with Gasteiger partial charge in [-0.25, -0.2) is 9.78 Å². The molecule has 3 aromatic rings. The number of aromatic nitrogens is 2. The fraction of sp³-hybridized carbons (Fsp3) is 0.0909. The van der Waals surface area contributed by atoms with Gasteiger partial charge in [-0.05, 0) is 12.1 Å². The second-order valence-corrected chi connectivity index (χ2v) is 4.59. The third-order valence-electron chi connectivity index (χ3n) is 2.47. The molecule has 0 aliphatic heterocycles. The molecule has 0 aliphatic carbocycles. The molecule has 0 aliphatic rings. The second-order valence-electron chi connectivity index (χ2n) is 3.61. The number of hydrogen-bond donors (Lipinski definition) is 1. The second kappa shape index (κ2) is 3.74. The maximum absolute atomic E-state index is 11.7. The van der Waals surface area contributed by atoms with Crippen molar-refractivity contribution >= 4 is 28.1 Å². The molecular weight excluding hydrogens is 238 g/mol. The standard InChI is InChI=1S/C11H9N3O2S/c12-7-1-2-8-9(5-7)16-11(15)14(8)6-10-13-3-4-17-10/h1-5H,6,12H2. The Hall–Kier alpha value is -2.08. The van der Waals surface area contributed by atoms with Crippen LogP contribution >= 0.6 is 11.3 Å². The molecule has 0 saturated heterocycles. The lowest BCUT2D eigenvalue weighted by molar-refractivity contribution is 0.517. The van der Waals surface area contributed by atoms with E-state index in [0.717, 1.165) is 10.5 Å². The van der Waals surface area contributed by atoms with Crippen LogP contribution in [0.4, 0.5) is 5.69 Å². The zero-order valence-electron chi connectivity index (χ0n) is 8.79. The molecule has 5 nitrogen and oxygen atoms in total. The minimum atomic E-state index is -0.388.